The minimum atomic E-state index is -3.85. The molecule has 2 aliphatic rings. The molecule has 2 fully saturated rings. The van der Waals surface area contributed by atoms with Gasteiger partial charge in [0.2, 0.25) is 15.9 Å². The van der Waals surface area contributed by atoms with Crippen molar-refractivity contribution >= 4 is 15.9 Å². The number of hydrogen-bond acceptors (Lipinski definition) is 5. The number of nitriles is 1. The highest BCUT2D eigenvalue weighted by Crippen LogP contribution is 2.28. The van der Waals surface area contributed by atoms with Gasteiger partial charge in [-0.15, -0.1) is 0 Å². The van der Waals surface area contributed by atoms with Gasteiger partial charge in [-0.2, -0.15) is 5.26 Å². The highest BCUT2D eigenvalue weighted by molar-refractivity contribution is 7.89. The van der Waals surface area contributed by atoms with Crippen LogP contribution in [0.3, 0.4) is 0 Å². The summed E-state index contributed by atoms with van der Waals surface area (Å²) >= 11 is 0. The van der Waals surface area contributed by atoms with E-state index in [-0.39, 0.29) is 28.3 Å². The molecule has 0 aromatic heterocycles. The zero-order chi connectivity index (χ0) is 21.9. The Morgan fingerprint density at radius 2 is 1.80 bits per heavy atom. The lowest BCUT2D eigenvalue weighted by molar-refractivity contribution is -0.138. The molecular formula is C21H29FN4O3S. The van der Waals surface area contributed by atoms with E-state index in [4.69, 9.17) is 5.26 Å². The summed E-state index contributed by atoms with van der Waals surface area (Å²) in [4.78, 5) is 17.0. The molecule has 1 saturated carbocycles. The van der Waals surface area contributed by atoms with Crippen LogP contribution in [0.15, 0.2) is 23.1 Å². The Kier molecular flexibility index (Phi) is 7.11. The predicted octanol–water partition coefficient (Wildman–Crippen LogP) is 2.09. The average Bonchev–Trinajstić information content (AvgIpc) is 2.73. The standard InChI is InChI=1S/C21H29FN4O3S/c1-15(2)25-9-11-26(12-10-25)21(27)16-3-5-18(6-4-16)24-30(28,29)19-7-8-20(22)17(13-19)14-23/h7-8,13,15-16,18,24H,3-6,9-12H2,1-2H3. The number of nitrogens with zero attached hydrogens (tertiary/aromatic N) is 3. The highest BCUT2D eigenvalue weighted by atomic mass is 32.2. The summed E-state index contributed by atoms with van der Waals surface area (Å²) in [5.41, 5.74) is -0.301. The topological polar surface area (TPSA) is 93.5 Å². The summed E-state index contributed by atoms with van der Waals surface area (Å²) in [6.07, 6.45) is 2.44. The minimum absolute atomic E-state index is 0.0626. The van der Waals surface area contributed by atoms with Crippen LogP contribution in [0.4, 0.5) is 4.39 Å². The second-order valence-corrected chi connectivity index (χ2v) is 10.1. The van der Waals surface area contributed by atoms with Gasteiger partial charge in [-0.3, -0.25) is 9.69 Å². The van der Waals surface area contributed by atoms with Crippen LogP contribution in [0.1, 0.15) is 45.1 Å². The molecule has 9 heteroatoms. The van der Waals surface area contributed by atoms with E-state index in [2.05, 4.69) is 23.5 Å². The Hall–Kier alpha value is -2.02. The molecule has 1 heterocycles. The molecule has 1 N–H and O–H groups in total. The van der Waals surface area contributed by atoms with E-state index in [1.807, 2.05) is 4.90 Å². The molecule has 1 aromatic carbocycles. The third-order valence-electron chi connectivity index (χ3n) is 6.12. The molecule has 0 unspecified atom stereocenters. The van der Waals surface area contributed by atoms with Gasteiger partial charge in [0.1, 0.15) is 11.9 Å². The molecule has 1 saturated heterocycles. The van der Waals surface area contributed by atoms with Crippen LogP contribution in [0.5, 0.6) is 0 Å². The third-order valence-corrected chi connectivity index (χ3v) is 7.64. The fraction of sp³-hybridized carbons (Fsp3) is 0.619. The van der Waals surface area contributed by atoms with E-state index in [1.165, 1.54) is 0 Å². The van der Waals surface area contributed by atoms with Crippen molar-refractivity contribution < 1.29 is 17.6 Å². The number of hydrogen-bond donors (Lipinski definition) is 1. The molecule has 164 valence electrons. The first-order valence-corrected chi connectivity index (χ1v) is 11.9. The summed E-state index contributed by atoms with van der Waals surface area (Å²) in [6.45, 7) is 7.59. The van der Waals surface area contributed by atoms with E-state index in [0.29, 0.717) is 31.7 Å². The van der Waals surface area contributed by atoms with Crippen LogP contribution in [0, 0.1) is 23.1 Å². The Morgan fingerprint density at radius 3 is 2.37 bits per heavy atom. The van der Waals surface area contributed by atoms with Gasteiger partial charge >= 0.3 is 0 Å². The maximum Gasteiger partial charge on any atom is 0.240 e. The lowest BCUT2D eigenvalue weighted by Crippen LogP contribution is -2.52. The van der Waals surface area contributed by atoms with E-state index < -0.39 is 15.8 Å². The summed E-state index contributed by atoms with van der Waals surface area (Å²) in [5.74, 6) is -0.631. The quantitative estimate of drug-likeness (QED) is 0.763. The normalized spacial score (nSPS) is 23.4. The molecule has 1 aliphatic carbocycles. The van der Waals surface area contributed by atoms with Gasteiger partial charge in [0.05, 0.1) is 10.5 Å². The summed E-state index contributed by atoms with van der Waals surface area (Å²) < 4.78 is 41.3. The van der Waals surface area contributed by atoms with Crippen molar-refractivity contribution in [2.75, 3.05) is 26.2 Å². The summed E-state index contributed by atoms with van der Waals surface area (Å²) in [5, 5.41) is 8.92. The van der Waals surface area contributed by atoms with Crippen molar-refractivity contribution in [3.8, 4) is 6.07 Å². The lowest BCUT2D eigenvalue weighted by Gasteiger charge is -2.39. The van der Waals surface area contributed by atoms with Gasteiger partial charge in [0.15, 0.2) is 0 Å². The number of carbonyl (C=O) groups is 1. The largest absolute Gasteiger partial charge is 0.340 e. The molecule has 0 spiro atoms. The van der Waals surface area contributed by atoms with Crippen LogP contribution in [-0.4, -0.2) is 62.4 Å². The number of sulfonamides is 1. The van der Waals surface area contributed by atoms with E-state index in [9.17, 15) is 17.6 Å². The van der Waals surface area contributed by atoms with E-state index >= 15 is 0 Å². The Labute approximate surface area is 177 Å². The maximum absolute atomic E-state index is 13.5. The van der Waals surface area contributed by atoms with Crippen LogP contribution >= 0.6 is 0 Å². The Bertz CT molecular complexity index is 913. The maximum atomic E-state index is 13.5. The van der Waals surface area contributed by atoms with Crippen molar-refractivity contribution in [1.29, 1.82) is 5.26 Å². The van der Waals surface area contributed by atoms with Gasteiger partial charge in [0.25, 0.3) is 0 Å². The zero-order valence-corrected chi connectivity index (χ0v) is 18.3. The Morgan fingerprint density at radius 1 is 1.17 bits per heavy atom. The van der Waals surface area contributed by atoms with Crippen molar-refractivity contribution in [3.05, 3.63) is 29.6 Å². The van der Waals surface area contributed by atoms with Gasteiger partial charge < -0.3 is 4.90 Å². The van der Waals surface area contributed by atoms with E-state index in [1.54, 1.807) is 6.07 Å². The molecule has 0 bridgehead atoms. The van der Waals surface area contributed by atoms with Crippen molar-refractivity contribution in [3.63, 3.8) is 0 Å². The molecule has 0 radical (unpaired) electrons. The van der Waals surface area contributed by atoms with Crippen LogP contribution < -0.4 is 4.72 Å². The van der Waals surface area contributed by atoms with Gasteiger partial charge in [-0.05, 0) is 57.7 Å². The Balaban J connectivity index is 1.53. The number of benzene rings is 1. The number of piperazine rings is 1. The molecule has 1 aromatic rings. The first kappa shape index (κ1) is 22.7. The molecule has 30 heavy (non-hydrogen) atoms. The number of nitrogens with one attached hydrogen (secondary N) is 1. The fourth-order valence-corrected chi connectivity index (χ4v) is 5.55. The molecule has 1 amide bonds. The number of halogens is 1. The minimum Gasteiger partial charge on any atom is -0.340 e. The molecular weight excluding hydrogens is 407 g/mol. The summed E-state index contributed by atoms with van der Waals surface area (Å²) in [7, 11) is -3.85. The van der Waals surface area contributed by atoms with Crippen LogP contribution in [0.25, 0.3) is 0 Å². The lowest BCUT2D eigenvalue weighted by atomic mass is 9.85. The van der Waals surface area contributed by atoms with Crippen LogP contribution in [0.2, 0.25) is 0 Å². The third kappa shape index (κ3) is 5.17. The smallest absolute Gasteiger partial charge is 0.240 e. The second kappa shape index (κ2) is 9.41. The molecule has 7 nitrogen and oxygen atoms in total. The van der Waals surface area contributed by atoms with Crippen molar-refractivity contribution in [2.45, 2.75) is 56.5 Å². The number of rotatable bonds is 5. The first-order chi connectivity index (χ1) is 14.2. The summed E-state index contributed by atoms with van der Waals surface area (Å²) in [6, 6.07) is 5.06. The number of amides is 1. The first-order valence-electron chi connectivity index (χ1n) is 10.5. The van der Waals surface area contributed by atoms with Crippen LogP contribution in [-0.2, 0) is 14.8 Å². The van der Waals surface area contributed by atoms with Gasteiger partial charge in [-0.25, -0.2) is 17.5 Å². The fourth-order valence-electron chi connectivity index (χ4n) is 4.22. The number of carbonyl (C=O) groups excluding carboxylic acids is 1. The SMILES string of the molecule is CC(C)N1CCN(C(=O)C2CCC(NS(=O)(=O)c3ccc(F)c(C#N)c3)CC2)CC1. The average molecular weight is 437 g/mol. The van der Waals surface area contributed by atoms with Crippen molar-refractivity contribution in [2.24, 2.45) is 5.92 Å². The second-order valence-electron chi connectivity index (χ2n) is 8.38. The van der Waals surface area contributed by atoms with Gasteiger partial charge in [0, 0.05) is 44.2 Å². The molecule has 0 atom stereocenters. The monoisotopic (exact) mass is 436 g/mol. The molecule has 1 aliphatic heterocycles. The predicted molar refractivity (Wildman–Crippen MR) is 110 cm³/mol. The van der Waals surface area contributed by atoms with E-state index in [0.717, 1.165) is 44.4 Å². The highest BCUT2D eigenvalue weighted by Gasteiger charge is 2.33. The van der Waals surface area contributed by atoms with Gasteiger partial charge in [-0.1, -0.05) is 0 Å². The zero-order valence-electron chi connectivity index (χ0n) is 17.5. The molecule has 3 rings (SSSR count). The van der Waals surface area contributed by atoms with Crippen molar-refractivity contribution in [1.82, 2.24) is 14.5 Å².